The number of benzene rings is 4. The van der Waals surface area contributed by atoms with E-state index in [2.05, 4.69) is 87.7 Å². The van der Waals surface area contributed by atoms with Gasteiger partial charge in [-0.25, -0.2) is 0 Å². The number of hydrogen-bond donors (Lipinski definition) is 2. The van der Waals surface area contributed by atoms with Gasteiger partial charge in [-0.2, -0.15) is 0 Å². The van der Waals surface area contributed by atoms with E-state index in [9.17, 15) is 4.79 Å². The molecular weight excluding hydrogens is 898 g/mol. The molecule has 0 amide bonds. The first-order chi connectivity index (χ1) is 29.7. The fraction of sp³-hybridized carbons (Fsp3) is 0.111. The van der Waals surface area contributed by atoms with E-state index in [1.54, 1.807) is 12.7 Å². The number of carbonyl (C=O) groups excluding carboxylic acids is 1. The number of nitrogens with one attached hydrogen (secondary N) is 2. The van der Waals surface area contributed by atoms with Gasteiger partial charge in [-0.3, -0.25) is 0 Å². The maximum atomic E-state index is 13.4. The molecule has 14 nitrogen and oxygen atoms in total. The first-order valence-corrected chi connectivity index (χ1v) is 25.3. The zero-order chi connectivity index (χ0) is 41.9. The third-order valence-corrected chi connectivity index (χ3v) is 17.9. The summed E-state index contributed by atoms with van der Waals surface area (Å²) >= 11 is 0.209. The summed E-state index contributed by atoms with van der Waals surface area (Å²) in [6, 6.07) is 33.0. The topological polar surface area (TPSA) is 128 Å². The number of aryl methyl sites for hydroxylation is 4. The van der Waals surface area contributed by atoms with Crippen LogP contribution in [0.1, 0.15) is 15.9 Å². The fourth-order valence-corrected chi connectivity index (χ4v) is 13.9. The van der Waals surface area contributed by atoms with Gasteiger partial charge >= 0.3 is 363 Å². The molecule has 2 N–H and O–H groups in total. The van der Waals surface area contributed by atoms with E-state index in [1.807, 2.05) is 105 Å². The summed E-state index contributed by atoms with van der Waals surface area (Å²) in [6.45, 7) is 2.12. The van der Waals surface area contributed by atoms with Gasteiger partial charge in [-0.15, -0.1) is 0 Å². The van der Waals surface area contributed by atoms with Gasteiger partial charge in [0.1, 0.15) is 0 Å². The second kappa shape index (κ2) is 15.3. The van der Waals surface area contributed by atoms with Crippen molar-refractivity contribution in [2.24, 2.45) is 21.1 Å². The normalized spacial score (nSPS) is 11.6. The minimum atomic E-state index is -0.409. The molecule has 6 heterocycles. The molecule has 10 rings (SSSR count). The zero-order valence-corrected chi connectivity index (χ0v) is 37.3. The second-order valence-corrected chi connectivity index (χ2v) is 21.0. The van der Waals surface area contributed by atoms with Crippen LogP contribution < -0.4 is 28.7 Å². The van der Waals surface area contributed by atoms with Crippen molar-refractivity contribution in [3.05, 3.63) is 141 Å². The van der Waals surface area contributed by atoms with E-state index in [4.69, 9.17) is 14.7 Å². The van der Waals surface area contributed by atoms with Gasteiger partial charge < -0.3 is 0 Å². The Kier molecular flexibility index (Phi) is 9.57. The molecule has 6 aromatic heterocycles. The average molecular weight is 938 g/mol. The molecule has 0 aliphatic carbocycles. The van der Waals surface area contributed by atoms with Crippen LogP contribution in [0.5, 0.6) is 0 Å². The van der Waals surface area contributed by atoms with Crippen molar-refractivity contribution in [2.45, 2.75) is 6.92 Å². The van der Waals surface area contributed by atoms with Crippen molar-refractivity contribution in [3.63, 3.8) is 0 Å². The van der Waals surface area contributed by atoms with E-state index in [0.29, 0.717) is 16.9 Å². The number of anilines is 4. The van der Waals surface area contributed by atoms with Crippen LogP contribution in [0.15, 0.2) is 122 Å². The maximum absolute atomic E-state index is 13.4. The van der Waals surface area contributed by atoms with E-state index >= 15 is 0 Å². The number of fused-ring (bicyclic) bond motifs is 6. The van der Waals surface area contributed by atoms with Crippen LogP contribution in [-0.2, 0) is 25.9 Å². The summed E-state index contributed by atoms with van der Waals surface area (Å²) in [7, 11) is 11.6. The molecule has 302 valence electrons. The fourth-order valence-electron chi connectivity index (χ4n) is 7.84. The summed E-state index contributed by atoms with van der Waals surface area (Å²) in [5.41, 5.74) is 11.9. The summed E-state index contributed by atoms with van der Waals surface area (Å²) in [5.74, 6) is 1.19. The summed E-state index contributed by atoms with van der Waals surface area (Å²) < 4.78 is 19.6. The Labute approximate surface area is 361 Å². The number of aromatic nitrogens is 10. The Morgan fingerprint density at radius 3 is 2.13 bits per heavy atom. The third-order valence-electron chi connectivity index (χ3n) is 10.8. The van der Waals surface area contributed by atoms with Crippen molar-refractivity contribution in [2.75, 3.05) is 17.7 Å². The molecule has 61 heavy (non-hydrogen) atoms. The molecule has 0 bridgehead atoms. The first kappa shape index (κ1) is 38.3. The second-order valence-electron chi connectivity index (χ2n) is 14.7. The number of nitrogens with zero attached hydrogens (tertiary/aromatic N) is 10. The molecule has 0 saturated heterocycles. The molecule has 0 unspecified atom stereocenters. The summed E-state index contributed by atoms with van der Waals surface area (Å²) in [6.07, 6.45) is 7.26. The van der Waals surface area contributed by atoms with Crippen LogP contribution in [-0.4, -0.2) is 77.2 Å². The molecule has 0 aliphatic rings. The minimum absolute atomic E-state index is 0.0759. The number of methoxy groups -OCH3 is 1. The van der Waals surface area contributed by atoms with E-state index in [1.165, 1.54) is 11.6 Å². The SMILES string of the molecule is [CH2-][n+]1cn(C)c2ncn3c(Nc4ccc([Se][Se]c5ccc(Nc6c(-c7ccccc7)[n+](C)c7c8c(ncn8C)ncn67)c(C(=O)OC)c5)cc4C)c(-c4ccccc4)nc3c21. The number of carbonyl (C=O) groups is 1. The van der Waals surface area contributed by atoms with Crippen molar-refractivity contribution in [1.29, 1.82) is 0 Å². The number of imidazole rings is 4. The zero-order valence-electron chi connectivity index (χ0n) is 33.9. The van der Waals surface area contributed by atoms with Crippen molar-refractivity contribution < 1.29 is 18.7 Å². The Hall–Kier alpha value is -6.96. The Balaban J connectivity index is 0.946. The first-order valence-electron chi connectivity index (χ1n) is 19.3. The molecule has 0 saturated carbocycles. The van der Waals surface area contributed by atoms with Crippen LogP contribution >= 0.6 is 0 Å². The number of ether oxygens (including phenoxy) is 1. The molecule has 0 atom stereocenters. The van der Waals surface area contributed by atoms with Crippen LogP contribution in [0.4, 0.5) is 23.0 Å². The number of hydrogen-bond acceptors (Lipinski definition) is 8. The predicted molar refractivity (Wildman–Crippen MR) is 238 cm³/mol. The molecule has 0 spiro atoms. The Morgan fingerprint density at radius 1 is 0.754 bits per heavy atom. The summed E-state index contributed by atoms with van der Waals surface area (Å²) in [5, 5.41) is 7.34. The van der Waals surface area contributed by atoms with Gasteiger partial charge in [0.25, 0.3) is 0 Å². The number of esters is 1. The van der Waals surface area contributed by atoms with E-state index < -0.39 is 5.97 Å². The van der Waals surface area contributed by atoms with Gasteiger partial charge in [-0.05, 0) is 0 Å². The van der Waals surface area contributed by atoms with Crippen LogP contribution in [0, 0.1) is 14.0 Å². The van der Waals surface area contributed by atoms with Gasteiger partial charge in [-0.1, -0.05) is 0 Å². The van der Waals surface area contributed by atoms with Gasteiger partial charge in [0.05, 0.1) is 0 Å². The van der Waals surface area contributed by atoms with Crippen molar-refractivity contribution in [1.82, 2.24) is 37.9 Å². The molecule has 16 heteroatoms. The van der Waals surface area contributed by atoms with Crippen LogP contribution in [0.3, 0.4) is 0 Å². The Morgan fingerprint density at radius 2 is 1.41 bits per heavy atom. The van der Waals surface area contributed by atoms with Crippen molar-refractivity contribution in [3.8, 4) is 22.5 Å². The van der Waals surface area contributed by atoms with Gasteiger partial charge in [0.2, 0.25) is 0 Å². The third kappa shape index (κ3) is 6.57. The van der Waals surface area contributed by atoms with Gasteiger partial charge in [0, 0.05) is 0 Å². The molecule has 0 aliphatic heterocycles. The van der Waals surface area contributed by atoms with Crippen molar-refractivity contribution >= 4 is 97.8 Å². The standard InChI is InChI=1S/C45H38N12O2Se2/c1-27-21-30(17-19-33(27)49-40-35(28-13-9-7-10-14-28)51-43-38-41(48-25-56(40)43)54(4)26-53(38)3)60-61-31-18-20-34(32(22-31)45(58)59-6)50-42-36(29-15-11-8-12-16-29)55(5)44-37-39(46-23-52(37)2)47-24-57(42)44/h7-26,49H,3H2,1-2,4-6H3/p+1. The monoisotopic (exact) mass is 939 g/mol. The number of rotatable bonds is 10. The van der Waals surface area contributed by atoms with E-state index in [-0.39, 0.29) is 26.3 Å². The van der Waals surface area contributed by atoms with Gasteiger partial charge in [0.15, 0.2) is 0 Å². The predicted octanol–water partition coefficient (Wildman–Crippen LogP) is 4.70. The molecule has 0 fully saturated rings. The average Bonchev–Trinajstić information content (AvgIpc) is 4.01. The van der Waals surface area contributed by atoms with Crippen LogP contribution in [0.2, 0.25) is 0 Å². The molecule has 4 aromatic carbocycles. The Bertz CT molecular complexity index is 3340. The summed E-state index contributed by atoms with van der Waals surface area (Å²) in [4.78, 5) is 32.5. The molecular formula is C45H39N12O2Se2+. The van der Waals surface area contributed by atoms with E-state index in [0.717, 1.165) is 77.8 Å². The quantitative estimate of drug-likeness (QED) is 0.0876. The van der Waals surface area contributed by atoms with Crippen LogP contribution in [0.25, 0.3) is 56.1 Å². The molecule has 0 radical (unpaired) electrons. The molecule has 10 aromatic rings.